The Balaban J connectivity index is 1.53. The predicted molar refractivity (Wildman–Crippen MR) is 195 cm³/mol. The molecule has 45 heavy (non-hydrogen) atoms. The van der Waals surface area contributed by atoms with Gasteiger partial charge >= 0.3 is 285 Å². The summed E-state index contributed by atoms with van der Waals surface area (Å²) in [6.07, 6.45) is 9.00. The van der Waals surface area contributed by atoms with Crippen LogP contribution in [0.4, 0.5) is 0 Å². The molecule has 0 radical (unpaired) electrons. The summed E-state index contributed by atoms with van der Waals surface area (Å²) in [5.41, 5.74) is 16.3. The molecule has 2 atom stereocenters. The molecule has 6 rings (SSSR count). The minimum absolute atomic E-state index is 0.104. The van der Waals surface area contributed by atoms with Crippen molar-refractivity contribution in [3.63, 3.8) is 0 Å². The summed E-state index contributed by atoms with van der Waals surface area (Å²) in [4.78, 5) is 0. The van der Waals surface area contributed by atoms with Gasteiger partial charge in [0.2, 0.25) is 0 Å². The van der Waals surface area contributed by atoms with E-state index in [1.54, 1.807) is 0 Å². The number of benzene rings is 4. The van der Waals surface area contributed by atoms with Crippen LogP contribution in [0.3, 0.4) is 0 Å². The van der Waals surface area contributed by atoms with Gasteiger partial charge in [0.15, 0.2) is 0 Å². The van der Waals surface area contributed by atoms with Crippen LogP contribution in [0.1, 0.15) is 95.0 Å². The van der Waals surface area contributed by atoms with E-state index in [0.29, 0.717) is 11.8 Å². The van der Waals surface area contributed by atoms with Crippen molar-refractivity contribution in [2.75, 3.05) is 0 Å². The zero-order valence-electron chi connectivity index (χ0n) is 27.6. The standard InChI is InChI=1S/2C21H23.2ClH.Zr/c2*1-4-17-8-5-6-10-19(17)20-11-7-9-18-13-16(12-15(2)3)14-21(18)20;;;/h2*5-11,13-15H,4,12H2,1-3H3;2*1H;/q;;;;+2/p-2. The Hall–Kier alpha value is -2.18. The van der Waals surface area contributed by atoms with Gasteiger partial charge in [-0.2, -0.15) is 0 Å². The van der Waals surface area contributed by atoms with Crippen molar-refractivity contribution >= 4 is 29.2 Å². The number of fused-ring (bicyclic) bond motifs is 2. The van der Waals surface area contributed by atoms with Gasteiger partial charge in [-0.15, -0.1) is 0 Å². The molecule has 0 heterocycles. The summed E-state index contributed by atoms with van der Waals surface area (Å²) >= 11 is -4.12. The summed E-state index contributed by atoms with van der Waals surface area (Å²) < 4.78 is 0.207. The molecule has 3 heteroatoms. The second-order valence-corrected chi connectivity index (χ2v) is 28.5. The number of rotatable bonds is 10. The fourth-order valence-electron chi connectivity index (χ4n) is 7.95. The van der Waals surface area contributed by atoms with Gasteiger partial charge in [-0.3, -0.25) is 0 Å². The summed E-state index contributed by atoms with van der Waals surface area (Å²) in [6, 6.07) is 31.4. The number of hydrogen-bond donors (Lipinski definition) is 0. The van der Waals surface area contributed by atoms with Gasteiger partial charge < -0.3 is 0 Å². The first-order valence-corrected chi connectivity index (χ1v) is 26.0. The van der Waals surface area contributed by atoms with Gasteiger partial charge in [-0.25, -0.2) is 0 Å². The Morgan fingerprint density at radius 2 is 0.911 bits per heavy atom. The summed E-state index contributed by atoms with van der Waals surface area (Å²) in [5, 5.41) is 0. The van der Waals surface area contributed by atoms with Gasteiger partial charge in [0.05, 0.1) is 0 Å². The van der Waals surface area contributed by atoms with Crippen LogP contribution in [-0.4, -0.2) is 0 Å². The molecule has 4 aromatic rings. The van der Waals surface area contributed by atoms with Crippen molar-refractivity contribution < 1.29 is 17.9 Å². The number of allylic oxidation sites excluding steroid dienone is 2. The monoisotopic (exact) mass is 710 g/mol. The molecule has 232 valence electrons. The van der Waals surface area contributed by atoms with E-state index in [9.17, 15) is 0 Å². The van der Waals surface area contributed by atoms with Crippen molar-refractivity contribution in [2.45, 2.75) is 74.5 Å². The summed E-state index contributed by atoms with van der Waals surface area (Å²) in [6.45, 7) is 13.8. The molecule has 2 aliphatic rings. The molecule has 0 saturated carbocycles. The fraction of sp³-hybridized carbons (Fsp3) is 0.333. The van der Waals surface area contributed by atoms with E-state index in [0.717, 1.165) is 25.7 Å². The van der Waals surface area contributed by atoms with E-state index in [1.165, 1.54) is 66.8 Å². The van der Waals surface area contributed by atoms with Crippen LogP contribution in [0.5, 0.6) is 0 Å². The molecule has 0 saturated heterocycles. The summed E-state index contributed by atoms with van der Waals surface area (Å²) in [7, 11) is 16.3. The quantitative estimate of drug-likeness (QED) is 0.154. The molecule has 0 aromatic heterocycles. The maximum absolute atomic E-state index is 8.17. The van der Waals surface area contributed by atoms with Crippen LogP contribution in [0.15, 0.2) is 96.1 Å². The first kappa shape index (κ1) is 32.8. The Bertz CT molecular complexity index is 1640. The minimum atomic E-state index is -4.12. The van der Waals surface area contributed by atoms with Crippen LogP contribution < -0.4 is 0 Å². The average Bonchev–Trinajstić information content (AvgIpc) is 3.58. The molecule has 0 fully saturated rings. The van der Waals surface area contributed by atoms with E-state index in [2.05, 4.69) is 139 Å². The van der Waals surface area contributed by atoms with Crippen LogP contribution in [0.2, 0.25) is 0 Å². The molecular formula is C42H46Cl2Zr. The molecule has 2 unspecified atom stereocenters. The van der Waals surface area contributed by atoms with Crippen LogP contribution in [-0.2, 0) is 30.7 Å². The van der Waals surface area contributed by atoms with E-state index in [1.807, 2.05) is 0 Å². The summed E-state index contributed by atoms with van der Waals surface area (Å²) in [5.74, 6) is 1.04. The second kappa shape index (κ2) is 13.5. The molecule has 0 spiro atoms. The molecule has 0 bridgehead atoms. The topological polar surface area (TPSA) is 0 Å². The first-order valence-electron chi connectivity index (χ1n) is 16.9. The van der Waals surface area contributed by atoms with Gasteiger partial charge in [-0.1, -0.05) is 0 Å². The zero-order chi connectivity index (χ0) is 31.9. The van der Waals surface area contributed by atoms with Crippen molar-refractivity contribution in [3.8, 4) is 22.3 Å². The predicted octanol–water partition coefficient (Wildman–Crippen LogP) is 13.3. The number of aryl methyl sites for hydroxylation is 2. The second-order valence-electron chi connectivity index (χ2n) is 13.8. The Kier molecular flexibility index (Phi) is 9.83. The molecule has 2 aliphatic carbocycles. The fourth-order valence-corrected chi connectivity index (χ4v) is 21.6. The zero-order valence-corrected chi connectivity index (χ0v) is 31.6. The normalized spacial score (nSPS) is 17.5. The molecule has 0 nitrogen and oxygen atoms in total. The van der Waals surface area contributed by atoms with Crippen molar-refractivity contribution in [1.29, 1.82) is 0 Å². The van der Waals surface area contributed by atoms with Gasteiger partial charge in [0, 0.05) is 0 Å². The SMILES string of the molecule is CCc1ccccc1-c1cccc2c1C=C(CC(C)C)[CH]2[Zr]([Cl])([Cl])[CH]1C(CC(C)C)=Cc2c(-c3ccccc3CC)cccc21. The van der Waals surface area contributed by atoms with Crippen LogP contribution in [0.25, 0.3) is 34.4 Å². The number of halogens is 2. The van der Waals surface area contributed by atoms with Crippen molar-refractivity contribution in [3.05, 3.63) is 129 Å². The van der Waals surface area contributed by atoms with Gasteiger partial charge in [0.1, 0.15) is 0 Å². The Morgan fingerprint density at radius 3 is 1.29 bits per heavy atom. The maximum atomic E-state index is 8.17. The van der Waals surface area contributed by atoms with Gasteiger partial charge in [0.25, 0.3) is 0 Å². The van der Waals surface area contributed by atoms with E-state index in [4.69, 9.17) is 17.0 Å². The molecule has 0 amide bonds. The third kappa shape index (κ3) is 6.15. The van der Waals surface area contributed by atoms with Gasteiger partial charge in [-0.05, 0) is 0 Å². The molecule has 4 aromatic carbocycles. The third-order valence-corrected chi connectivity index (χ3v) is 22.0. The average molecular weight is 713 g/mol. The molecule has 0 aliphatic heterocycles. The number of hydrogen-bond acceptors (Lipinski definition) is 0. The van der Waals surface area contributed by atoms with Crippen molar-refractivity contribution in [2.24, 2.45) is 11.8 Å². The Labute approximate surface area is 283 Å². The van der Waals surface area contributed by atoms with E-state index in [-0.39, 0.29) is 7.25 Å². The molecule has 0 N–H and O–H groups in total. The third-order valence-electron chi connectivity index (χ3n) is 9.74. The van der Waals surface area contributed by atoms with Crippen molar-refractivity contribution in [1.82, 2.24) is 0 Å². The first-order chi connectivity index (χ1) is 21.6. The molecular weight excluding hydrogens is 667 g/mol. The van der Waals surface area contributed by atoms with E-state index >= 15 is 0 Å². The van der Waals surface area contributed by atoms with E-state index < -0.39 is 17.9 Å². The van der Waals surface area contributed by atoms with Crippen LogP contribution >= 0.6 is 17.0 Å². The Morgan fingerprint density at radius 1 is 0.533 bits per heavy atom. The van der Waals surface area contributed by atoms with Crippen LogP contribution in [0, 0.1) is 11.8 Å².